The van der Waals surface area contributed by atoms with E-state index < -0.39 is 11.8 Å². The van der Waals surface area contributed by atoms with E-state index >= 15 is 0 Å². The van der Waals surface area contributed by atoms with Crippen molar-refractivity contribution in [3.05, 3.63) is 64.7 Å². The minimum atomic E-state index is -0.554. The van der Waals surface area contributed by atoms with E-state index in [9.17, 15) is 14.4 Å². The first-order valence-corrected chi connectivity index (χ1v) is 11.6. The Balaban J connectivity index is 1.60. The Morgan fingerprint density at radius 3 is 2.44 bits per heavy atom. The van der Waals surface area contributed by atoms with Gasteiger partial charge in [0, 0.05) is 36.9 Å². The van der Waals surface area contributed by atoms with Gasteiger partial charge >= 0.3 is 6.09 Å². The monoisotopic (exact) mass is 498 g/mol. The maximum Gasteiger partial charge on any atom is 0.409 e. The summed E-state index contributed by atoms with van der Waals surface area (Å²) in [7, 11) is 0. The molecule has 0 unspecified atom stereocenters. The van der Waals surface area contributed by atoms with Crippen molar-refractivity contribution in [2.45, 2.75) is 6.92 Å². The molecule has 0 bridgehead atoms. The molecule has 10 heteroatoms. The molecule has 2 aliphatic rings. The van der Waals surface area contributed by atoms with Crippen LogP contribution < -0.4 is 15.1 Å². The number of rotatable bonds is 4. The van der Waals surface area contributed by atoms with Gasteiger partial charge in [0.15, 0.2) is 5.11 Å². The van der Waals surface area contributed by atoms with Gasteiger partial charge in [0.25, 0.3) is 11.8 Å². The van der Waals surface area contributed by atoms with Crippen LogP contribution >= 0.6 is 23.8 Å². The molecule has 1 N–H and O–H groups in total. The third kappa shape index (κ3) is 4.90. The van der Waals surface area contributed by atoms with Crippen molar-refractivity contribution in [1.29, 1.82) is 0 Å². The van der Waals surface area contributed by atoms with E-state index in [1.807, 2.05) is 24.3 Å². The highest BCUT2D eigenvalue weighted by Crippen LogP contribution is 2.27. The highest BCUT2D eigenvalue weighted by molar-refractivity contribution is 7.80. The molecule has 0 spiro atoms. The number of piperazine rings is 1. The summed E-state index contributed by atoms with van der Waals surface area (Å²) in [5, 5.41) is 3.13. The molecule has 2 aliphatic heterocycles. The van der Waals surface area contributed by atoms with Gasteiger partial charge in [0.2, 0.25) is 0 Å². The first kappa shape index (κ1) is 23.7. The van der Waals surface area contributed by atoms with Crippen molar-refractivity contribution >= 4 is 64.3 Å². The largest absolute Gasteiger partial charge is 0.450 e. The summed E-state index contributed by atoms with van der Waals surface area (Å²) in [6.45, 7) is 4.34. The zero-order chi connectivity index (χ0) is 24.2. The summed E-state index contributed by atoms with van der Waals surface area (Å²) in [6, 6.07) is 14.1. The highest BCUT2D eigenvalue weighted by Gasteiger charge is 2.35. The SMILES string of the molecule is CCOC(=O)N1CCN(c2ccccc2C=C2C(=O)NC(=S)N(c3ccc(Cl)cc3)C2=O)CC1. The Morgan fingerprint density at radius 2 is 1.76 bits per heavy atom. The molecule has 8 nitrogen and oxygen atoms in total. The minimum Gasteiger partial charge on any atom is -0.450 e. The summed E-state index contributed by atoms with van der Waals surface area (Å²) in [5.41, 5.74) is 2.06. The number of benzene rings is 2. The average molecular weight is 499 g/mol. The highest BCUT2D eigenvalue weighted by atomic mass is 35.5. The predicted molar refractivity (Wildman–Crippen MR) is 135 cm³/mol. The Labute approximate surface area is 207 Å². The molecular formula is C24H23ClN4O4S. The maximum absolute atomic E-state index is 13.3. The van der Waals surface area contributed by atoms with Gasteiger partial charge in [-0.05, 0) is 61.1 Å². The molecule has 34 heavy (non-hydrogen) atoms. The van der Waals surface area contributed by atoms with Crippen LogP contribution in [-0.2, 0) is 14.3 Å². The lowest BCUT2D eigenvalue weighted by molar-refractivity contribution is -0.122. The molecule has 2 aromatic carbocycles. The number of carbonyl (C=O) groups is 3. The van der Waals surface area contributed by atoms with Crippen molar-refractivity contribution in [2.75, 3.05) is 42.6 Å². The van der Waals surface area contributed by atoms with Crippen LogP contribution in [0.1, 0.15) is 12.5 Å². The first-order valence-electron chi connectivity index (χ1n) is 10.8. The van der Waals surface area contributed by atoms with Crippen LogP contribution in [0.15, 0.2) is 54.1 Å². The Hall–Kier alpha value is -3.43. The fourth-order valence-electron chi connectivity index (χ4n) is 3.88. The number of amides is 3. The number of ether oxygens (including phenoxy) is 1. The number of carbonyl (C=O) groups excluding carboxylic acids is 3. The molecule has 2 aromatic rings. The van der Waals surface area contributed by atoms with Crippen LogP contribution in [0.25, 0.3) is 6.08 Å². The Kier molecular flexibility index (Phi) is 7.14. The predicted octanol–water partition coefficient (Wildman–Crippen LogP) is 3.45. The summed E-state index contributed by atoms with van der Waals surface area (Å²) >= 11 is 11.2. The Morgan fingerprint density at radius 1 is 1.09 bits per heavy atom. The second kappa shape index (κ2) is 10.2. The molecule has 0 atom stereocenters. The van der Waals surface area contributed by atoms with Crippen LogP contribution in [-0.4, -0.2) is 60.7 Å². The molecule has 0 aliphatic carbocycles. The van der Waals surface area contributed by atoms with Crippen LogP contribution in [0.2, 0.25) is 5.02 Å². The summed E-state index contributed by atoms with van der Waals surface area (Å²) < 4.78 is 5.09. The quantitative estimate of drug-likeness (QED) is 0.395. The lowest BCUT2D eigenvalue weighted by Gasteiger charge is -2.36. The van der Waals surface area contributed by atoms with E-state index in [0.29, 0.717) is 43.5 Å². The van der Waals surface area contributed by atoms with E-state index in [2.05, 4.69) is 10.2 Å². The molecule has 2 heterocycles. The zero-order valence-corrected chi connectivity index (χ0v) is 20.1. The van der Waals surface area contributed by atoms with Crippen LogP contribution in [0.3, 0.4) is 0 Å². The van der Waals surface area contributed by atoms with Gasteiger partial charge < -0.3 is 14.5 Å². The van der Waals surface area contributed by atoms with E-state index in [-0.39, 0.29) is 16.8 Å². The molecule has 4 rings (SSSR count). The van der Waals surface area contributed by atoms with Crippen molar-refractivity contribution < 1.29 is 19.1 Å². The van der Waals surface area contributed by atoms with Gasteiger partial charge in [-0.3, -0.25) is 19.8 Å². The van der Waals surface area contributed by atoms with Crippen LogP contribution in [0, 0.1) is 0 Å². The normalized spacial score (nSPS) is 17.8. The third-order valence-corrected chi connectivity index (χ3v) is 6.11. The van der Waals surface area contributed by atoms with E-state index in [1.54, 1.807) is 42.2 Å². The molecule has 2 saturated heterocycles. The molecular weight excluding hydrogens is 476 g/mol. The number of nitrogens with one attached hydrogen (secondary N) is 1. The van der Waals surface area contributed by atoms with Gasteiger partial charge in [-0.25, -0.2) is 4.79 Å². The smallest absolute Gasteiger partial charge is 0.409 e. The minimum absolute atomic E-state index is 0.0119. The van der Waals surface area contributed by atoms with Crippen molar-refractivity contribution in [3.8, 4) is 0 Å². The molecule has 176 valence electrons. The molecule has 0 radical (unpaired) electrons. The van der Waals surface area contributed by atoms with Gasteiger partial charge in [0.05, 0.1) is 12.3 Å². The lowest BCUT2D eigenvalue weighted by Crippen LogP contribution is -2.54. The third-order valence-electron chi connectivity index (χ3n) is 5.57. The topological polar surface area (TPSA) is 82.2 Å². The van der Waals surface area contributed by atoms with Crippen LogP contribution in [0.4, 0.5) is 16.2 Å². The second-order valence-electron chi connectivity index (χ2n) is 7.67. The number of thiocarbonyl (C=S) groups is 1. The molecule has 0 aromatic heterocycles. The number of nitrogens with zero attached hydrogens (tertiary/aromatic N) is 3. The number of halogens is 1. The molecule has 3 amide bonds. The number of anilines is 2. The molecule has 0 saturated carbocycles. The summed E-state index contributed by atoms with van der Waals surface area (Å²) in [5.74, 6) is -1.07. The number of para-hydroxylation sites is 1. The lowest BCUT2D eigenvalue weighted by atomic mass is 10.0. The van der Waals surface area contributed by atoms with E-state index in [1.165, 1.54) is 4.90 Å². The van der Waals surface area contributed by atoms with Crippen molar-refractivity contribution in [1.82, 2.24) is 10.2 Å². The van der Waals surface area contributed by atoms with E-state index in [4.69, 9.17) is 28.6 Å². The zero-order valence-electron chi connectivity index (χ0n) is 18.5. The number of hydrogen-bond acceptors (Lipinski definition) is 6. The van der Waals surface area contributed by atoms with Gasteiger partial charge in [-0.1, -0.05) is 29.8 Å². The standard InChI is InChI=1S/C24H23ClN4O4S/c1-2-33-24(32)28-13-11-27(12-14-28)20-6-4-3-5-16(20)15-19-21(30)26-23(34)29(22(19)31)18-9-7-17(25)8-10-18/h3-10,15H,2,11-14H2,1H3,(H,26,30,34). The van der Waals surface area contributed by atoms with Gasteiger partial charge in [-0.15, -0.1) is 0 Å². The van der Waals surface area contributed by atoms with Gasteiger partial charge in [-0.2, -0.15) is 0 Å². The first-order chi connectivity index (χ1) is 16.4. The summed E-state index contributed by atoms with van der Waals surface area (Å²) in [6.07, 6.45) is 1.26. The van der Waals surface area contributed by atoms with Crippen molar-refractivity contribution in [3.63, 3.8) is 0 Å². The second-order valence-corrected chi connectivity index (χ2v) is 8.49. The fourth-order valence-corrected chi connectivity index (χ4v) is 4.29. The van der Waals surface area contributed by atoms with Gasteiger partial charge in [0.1, 0.15) is 5.57 Å². The Bertz CT molecular complexity index is 1160. The maximum atomic E-state index is 13.3. The van der Waals surface area contributed by atoms with E-state index in [0.717, 1.165) is 11.3 Å². The van der Waals surface area contributed by atoms with Crippen molar-refractivity contribution in [2.24, 2.45) is 0 Å². The van der Waals surface area contributed by atoms with Crippen LogP contribution in [0.5, 0.6) is 0 Å². The molecule has 2 fully saturated rings. The average Bonchev–Trinajstić information content (AvgIpc) is 2.83. The summed E-state index contributed by atoms with van der Waals surface area (Å²) in [4.78, 5) is 43.1. The number of hydrogen-bond donors (Lipinski definition) is 1. The fraction of sp³-hybridized carbons (Fsp3) is 0.250.